The standard InChI is InChI=1S/C16H23N3O3.ClH/c20-15(14-3-1-2-7-17-14)18-13-4-8-19(9-5-13)16(21)12-6-10-22-11-12;/h6,10-11,13-14,17H,1-5,7-9H2,(H,18,20);1H. The van der Waals surface area contributed by atoms with Crippen molar-refractivity contribution in [2.45, 2.75) is 44.2 Å². The van der Waals surface area contributed by atoms with Crippen LogP contribution in [-0.2, 0) is 4.79 Å². The fraction of sp³-hybridized carbons (Fsp3) is 0.625. The Kier molecular flexibility index (Phi) is 6.47. The largest absolute Gasteiger partial charge is 0.472 e. The second-order valence-corrected chi connectivity index (χ2v) is 6.09. The minimum absolute atomic E-state index is 0. The normalized spacial score (nSPS) is 22.3. The molecule has 1 aromatic rings. The summed E-state index contributed by atoms with van der Waals surface area (Å²) >= 11 is 0. The lowest BCUT2D eigenvalue weighted by atomic mass is 10.0. The van der Waals surface area contributed by atoms with Crippen LogP contribution in [0.1, 0.15) is 42.5 Å². The highest BCUT2D eigenvalue weighted by Gasteiger charge is 2.27. The Hall–Kier alpha value is -1.53. The maximum absolute atomic E-state index is 12.2. The first-order chi connectivity index (χ1) is 10.7. The summed E-state index contributed by atoms with van der Waals surface area (Å²) in [6.07, 6.45) is 7.79. The molecular weight excluding hydrogens is 318 g/mol. The number of rotatable bonds is 3. The van der Waals surface area contributed by atoms with Gasteiger partial charge in [-0.1, -0.05) is 6.42 Å². The third-order valence-electron chi connectivity index (χ3n) is 4.52. The molecule has 6 nitrogen and oxygen atoms in total. The van der Waals surface area contributed by atoms with Crippen molar-refractivity contribution in [1.29, 1.82) is 0 Å². The number of carbonyl (C=O) groups excluding carboxylic acids is 2. The van der Waals surface area contributed by atoms with Crippen molar-refractivity contribution in [3.05, 3.63) is 24.2 Å². The number of nitrogens with zero attached hydrogens (tertiary/aromatic N) is 1. The summed E-state index contributed by atoms with van der Waals surface area (Å²) < 4.78 is 4.96. The van der Waals surface area contributed by atoms with Crippen LogP contribution in [0.15, 0.2) is 23.0 Å². The molecule has 1 aromatic heterocycles. The van der Waals surface area contributed by atoms with Crippen molar-refractivity contribution in [2.75, 3.05) is 19.6 Å². The molecule has 128 valence electrons. The molecule has 2 saturated heterocycles. The van der Waals surface area contributed by atoms with E-state index >= 15 is 0 Å². The van der Waals surface area contributed by atoms with E-state index < -0.39 is 0 Å². The van der Waals surface area contributed by atoms with Crippen LogP contribution in [0.3, 0.4) is 0 Å². The number of likely N-dealkylation sites (tertiary alicyclic amines) is 1. The lowest BCUT2D eigenvalue weighted by molar-refractivity contribution is -0.124. The van der Waals surface area contributed by atoms with Crippen molar-refractivity contribution in [3.63, 3.8) is 0 Å². The van der Waals surface area contributed by atoms with Crippen LogP contribution in [0.4, 0.5) is 0 Å². The molecule has 2 aliphatic heterocycles. The van der Waals surface area contributed by atoms with Gasteiger partial charge in [0.05, 0.1) is 17.9 Å². The average molecular weight is 342 g/mol. The zero-order chi connectivity index (χ0) is 15.4. The number of furan rings is 1. The molecule has 2 aliphatic rings. The minimum atomic E-state index is -0.0423. The van der Waals surface area contributed by atoms with Crippen LogP contribution in [0.5, 0.6) is 0 Å². The van der Waals surface area contributed by atoms with E-state index in [1.807, 2.05) is 4.90 Å². The van der Waals surface area contributed by atoms with Crippen molar-refractivity contribution < 1.29 is 14.0 Å². The van der Waals surface area contributed by atoms with Gasteiger partial charge in [0.2, 0.25) is 5.91 Å². The highest BCUT2D eigenvalue weighted by atomic mass is 35.5. The van der Waals surface area contributed by atoms with Gasteiger partial charge in [-0.3, -0.25) is 9.59 Å². The van der Waals surface area contributed by atoms with Gasteiger partial charge in [0, 0.05) is 19.1 Å². The van der Waals surface area contributed by atoms with Crippen LogP contribution in [0.2, 0.25) is 0 Å². The molecule has 0 bridgehead atoms. The second-order valence-electron chi connectivity index (χ2n) is 6.09. The molecule has 0 spiro atoms. The van der Waals surface area contributed by atoms with Crippen molar-refractivity contribution in [2.24, 2.45) is 0 Å². The van der Waals surface area contributed by atoms with Gasteiger partial charge in [-0.25, -0.2) is 0 Å². The fourth-order valence-corrected chi connectivity index (χ4v) is 3.17. The van der Waals surface area contributed by atoms with Gasteiger partial charge in [0.1, 0.15) is 6.26 Å². The molecule has 2 N–H and O–H groups in total. The molecule has 0 radical (unpaired) electrons. The van der Waals surface area contributed by atoms with Gasteiger partial charge in [0.15, 0.2) is 0 Å². The molecule has 1 atom stereocenters. The Morgan fingerprint density at radius 2 is 2.00 bits per heavy atom. The Balaban J connectivity index is 0.00000192. The maximum Gasteiger partial charge on any atom is 0.257 e. The van der Waals surface area contributed by atoms with Gasteiger partial charge < -0.3 is 20.0 Å². The number of carbonyl (C=O) groups is 2. The van der Waals surface area contributed by atoms with Crippen LogP contribution in [-0.4, -0.2) is 48.4 Å². The zero-order valence-corrected chi connectivity index (χ0v) is 13.9. The minimum Gasteiger partial charge on any atom is -0.472 e. The monoisotopic (exact) mass is 341 g/mol. The van der Waals surface area contributed by atoms with E-state index in [4.69, 9.17) is 4.42 Å². The highest BCUT2D eigenvalue weighted by Crippen LogP contribution is 2.15. The van der Waals surface area contributed by atoms with Gasteiger partial charge >= 0.3 is 0 Å². The van der Waals surface area contributed by atoms with E-state index in [0.29, 0.717) is 18.7 Å². The molecule has 3 heterocycles. The van der Waals surface area contributed by atoms with Crippen molar-refractivity contribution in [3.8, 4) is 0 Å². The molecule has 23 heavy (non-hydrogen) atoms. The van der Waals surface area contributed by atoms with E-state index in [0.717, 1.165) is 38.6 Å². The lowest BCUT2D eigenvalue weighted by Crippen LogP contribution is -2.52. The van der Waals surface area contributed by atoms with E-state index in [1.165, 1.54) is 12.5 Å². The fourth-order valence-electron chi connectivity index (χ4n) is 3.17. The first kappa shape index (κ1) is 17.8. The molecule has 2 amide bonds. The predicted octanol–water partition coefficient (Wildman–Crippen LogP) is 1.56. The Labute approximate surface area is 142 Å². The van der Waals surface area contributed by atoms with Gasteiger partial charge in [-0.05, 0) is 38.3 Å². The second kappa shape index (κ2) is 8.36. The van der Waals surface area contributed by atoms with E-state index in [-0.39, 0.29) is 36.3 Å². The summed E-state index contributed by atoms with van der Waals surface area (Å²) in [5.74, 6) is 0.117. The topological polar surface area (TPSA) is 74.6 Å². The molecular formula is C16H24ClN3O3. The lowest BCUT2D eigenvalue weighted by Gasteiger charge is -2.33. The third kappa shape index (κ3) is 4.48. The van der Waals surface area contributed by atoms with Gasteiger partial charge in [-0.15, -0.1) is 12.4 Å². The summed E-state index contributed by atoms with van der Waals surface area (Å²) in [4.78, 5) is 26.2. The van der Waals surface area contributed by atoms with Gasteiger partial charge in [-0.2, -0.15) is 0 Å². The SMILES string of the molecule is Cl.O=C(NC1CCN(C(=O)c2ccoc2)CC1)C1CCCCN1. The Morgan fingerprint density at radius 3 is 2.61 bits per heavy atom. The number of piperidine rings is 2. The first-order valence-electron chi connectivity index (χ1n) is 8.09. The van der Waals surface area contributed by atoms with Crippen LogP contribution in [0.25, 0.3) is 0 Å². The first-order valence-corrected chi connectivity index (χ1v) is 8.09. The number of hydrogen-bond donors (Lipinski definition) is 2. The summed E-state index contributed by atoms with van der Waals surface area (Å²) in [5.41, 5.74) is 0.592. The van der Waals surface area contributed by atoms with Crippen LogP contribution >= 0.6 is 12.4 Å². The maximum atomic E-state index is 12.2. The molecule has 0 aromatic carbocycles. The van der Waals surface area contributed by atoms with E-state index in [1.54, 1.807) is 6.07 Å². The number of amides is 2. The molecule has 3 rings (SSSR count). The summed E-state index contributed by atoms with van der Waals surface area (Å²) in [7, 11) is 0. The molecule has 1 unspecified atom stereocenters. The Morgan fingerprint density at radius 1 is 1.22 bits per heavy atom. The number of nitrogens with one attached hydrogen (secondary N) is 2. The third-order valence-corrected chi connectivity index (χ3v) is 4.52. The molecule has 0 aliphatic carbocycles. The van der Waals surface area contributed by atoms with Crippen molar-refractivity contribution in [1.82, 2.24) is 15.5 Å². The van der Waals surface area contributed by atoms with Crippen LogP contribution in [0, 0.1) is 0 Å². The summed E-state index contributed by atoms with van der Waals surface area (Å²) in [6.45, 7) is 2.27. The molecule has 0 saturated carbocycles. The Bertz CT molecular complexity index is 507. The van der Waals surface area contributed by atoms with E-state index in [9.17, 15) is 9.59 Å². The molecule has 2 fully saturated rings. The highest BCUT2D eigenvalue weighted by molar-refractivity contribution is 5.93. The zero-order valence-electron chi connectivity index (χ0n) is 13.1. The quantitative estimate of drug-likeness (QED) is 0.875. The van der Waals surface area contributed by atoms with Crippen LogP contribution < -0.4 is 10.6 Å². The predicted molar refractivity (Wildman–Crippen MR) is 88.7 cm³/mol. The smallest absolute Gasteiger partial charge is 0.257 e. The summed E-state index contributed by atoms with van der Waals surface area (Å²) in [6, 6.07) is 1.81. The molecule has 7 heteroatoms. The summed E-state index contributed by atoms with van der Waals surface area (Å²) in [5, 5.41) is 6.39. The van der Waals surface area contributed by atoms with Crippen molar-refractivity contribution >= 4 is 24.2 Å². The van der Waals surface area contributed by atoms with Gasteiger partial charge in [0.25, 0.3) is 5.91 Å². The van der Waals surface area contributed by atoms with E-state index in [2.05, 4.69) is 10.6 Å². The number of halogens is 1. The number of hydrogen-bond acceptors (Lipinski definition) is 4. The average Bonchev–Trinajstić information content (AvgIpc) is 3.10.